The van der Waals surface area contributed by atoms with Crippen molar-refractivity contribution in [3.8, 4) is 17.2 Å². The molecule has 0 fully saturated rings. The number of benzene rings is 2. The lowest BCUT2D eigenvalue weighted by Crippen LogP contribution is -2.18. The predicted octanol–water partition coefficient (Wildman–Crippen LogP) is 2.18. The fourth-order valence-corrected chi connectivity index (χ4v) is 1.90. The molecule has 0 atom stereocenters. The fraction of sp³-hybridized carbons (Fsp3) is 0.125. The summed E-state index contributed by atoms with van der Waals surface area (Å²) in [5.74, 6) is -0.884. The molecule has 3 N–H and O–H groups in total. The summed E-state index contributed by atoms with van der Waals surface area (Å²) in [6.07, 6.45) is 1.35. The average Bonchev–Trinajstić information content (AvgIpc) is 2.50. The van der Waals surface area contributed by atoms with Crippen molar-refractivity contribution < 1.29 is 19.7 Å². The van der Waals surface area contributed by atoms with Crippen LogP contribution in [0.4, 0.5) is 0 Å². The van der Waals surface area contributed by atoms with Crippen LogP contribution < -0.4 is 10.2 Å². The molecule has 0 heterocycles. The molecule has 0 aromatic heterocycles. The van der Waals surface area contributed by atoms with Gasteiger partial charge in [-0.15, -0.1) is 0 Å². The van der Waals surface area contributed by atoms with E-state index in [1.54, 1.807) is 12.1 Å². The molecule has 2 aromatic rings. The van der Waals surface area contributed by atoms with Crippen molar-refractivity contribution in [2.24, 2.45) is 5.10 Å². The number of phenols is 2. The minimum Gasteiger partial charge on any atom is -0.504 e. The fourth-order valence-electron chi connectivity index (χ4n) is 1.90. The summed E-state index contributed by atoms with van der Waals surface area (Å²) < 4.78 is 4.92. The second-order valence-corrected chi connectivity index (χ2v) is 4.60. The Morgan fingerprint density at radius 2 is 2.00 bits per heavy atom. The Kier molecular flexibility index (Phi) is 4.63. The van der Waals surface area contributed by atoms with Crippen molar-refractivity contribution in [1.29, 1.82) is 0 Å². The van der Waals surface area contributed by atoms with Crippen LogP contribution in [-0.4, -0.2) is 29.4 Å². The van der Waals surface area contributed by atoms with E-state index in [-0.39, 0.29) is 23.2 Å². The molecule has 6 nitrogen and oxygen atoms in total. The third-order valence-electron chi connectivity index (χ3n) is 3.07. The maximum Gasteiger partial charge on any atom is 0.271 e. The molecule has 0 unspecified atom stereocenters. The molecule has 0 aliphatic heterocycles. The van der Waals surface area contributed by atoms with Gasteiger partial charge in [0.2, 0.25) is 5.75 Å². The number of hydrazone groups is 1. The van der Waals surface area contributed by atoms with Crippen molar-refractivity contribution in [3.05, 3.63) is 53.1 Å². The second-order valence-electron chi connectivity index (χ2n) is 4.60. The number of phenolic OH excluding ortho intramolecular Hbond substituents is 2. The van der Waals surface area contributed by atoms with E-state index in [2.05, 4.69) is 10.5 Å². The van der Waals surface area contributed by atoms with Gasteiger partial charge >= 0.3 is 0 Å². The quantitative estimate of drug-likeness (QED) is 0.458. The summed E-state index contributed by atoms with van der Waals surface area (Å²) >= 11 is 0. The summed E-state index contributed by atoms with van der Waals surface area (Å²) in [6, 6.07) is 9.95. The van der Waals surface area contributed by atoms with Gasteiger partial charge in [0.05, 0.1) is 13.3 Å². The lowest BCUT2D eigenvalue weighted by Gasteiger charge is -2.06. The van der Waals surface area contributed by atoms with Crippen LogP contribution in [0.5, 0.6) is 17.2 Å². The molecular weight excluding hydrogens is 284 g/mol. The number of methoxy groups -OCH3 is 1. The van der Waals surface area contributed by atoms with Gasteiger partial charge in [0.15, 0.2) is 11.5 Å². The zero-order valence-corrected chi connectivity index (χ0v) is 12.2. The number of hydrogen-bond donors (Lipinski definition) is 3. The molecule has 0 saturated carbocycles. The minimum absolute atomic E-state index is 0.117. The van der Waals surface area contributed by atoms with Crippen LogP contribution in [0.2, 0.25) is 0 Å². The van der Waals surface area contributed by atoms with Gasteiger partial charge in [0.1, 0.15) is 0 Å². The van der Waals surface area contributed by atoms with Crippen LogP contribution in [0.3, 0.4) is 0 Å². The topological polar surface area (TPSA) is 91.2 Å². The number of nitrogens with zero attached hydrogens (tertiary/aromatic N) is 1. The molecule has 2 rings (SSSR count). The first-order valence-corrected chi connectivity index (χ1v) is 6.52. The van der Waals surface area contributed by atoms with E-state index >= 15 is 0 Å². The summed E-state index contributed by atoms with van der Waals surface area (Å²) in [7, 11) is 1.37. The van der Waals surface area contributed by atoms with Crippen LogP contribution in [0.15, 0.2) is 41.5 Å². The van der Waals surface area contributed by atoms with Crippen molar-refractivity contribution >= 4 is 12.1 Å². The van der Waals surface area contributed by atoms with Crippen LogP contribution in [-0.2, 0) is 0 Å². The highest BCUT2D eigenvalue weighted by molar-refractivity contribution is 5.96. The zero-order valence-electron chi connectivity index (χ0n) is 12.2. The number of aromatic hydroxyl groups is 2. The Morgan fingerprint density at radius 1 is 1.27 bits per heavy atom. The molecule has 2 aromatic carbocycles. The van der Waals surface area contributed by atoms with Gasteiger partial charge in [-0.3, -0.25) is 4.79 Å². The lowest BCUT2D eigenvalue weighted by molar-refractivity contribution is 0.0954. The number of aryl methyl sites for hydroxylation is 1. The van der Waals surface area contributed by atoms with Gasteiger partial charge < -0.3 is 14.9 Å². The van der Waals surface area contributed by atoms with Crippen molar-refractivity contribution in [3.63, 3.8) is 0 Å². The minimum atomic E-state index is -0.344. The maximum atomic E-state index is 12.0. The summed E-state index contributed by atoms with van der Waals surface area (Å²) in [6.45, 7) is 1.83. The predicted molar refractivity (Wildman–Crippen MR) is 82.6 cm³/mol. The zero-order chi connectivity index (χ0) is 16.1. The van der Waals surface area contributed by atoms with E-state index < -0.39 is 0 Å². The number of hydrogen-bond acceptors (Lipinski definition) is 5. The van der Waals surface area contributed by atoms with Crippen LogP contribution in [0, 0.1) is 6.92 Å². The van der Waals surface area contributed by atoms with Gasteiger partial charge in [0, 0.05) is 11.1 Å². The van der Waals surface area contributed by atoms with E-state index in [4.69, 9.17) is 4.74 Å². The first-order chi connectivity index (χ1) is 10.5. The highest BCUT2D eigenvalue weighted by Crippen LogP contribution is 2.35. The largest absolute Gasteiger partial charge is 0.504 e. The van der Waals surface area contributed by atoms with E-state index in [9.17, 15) is 15.0 Å². The normalized spacial score (nSPS) is 10.6. The van der Waals surface area contributed by atoms with E-state index in [0.717, 1.165) is 5.56 Å². The molecule has 6 heteroatoms. The van der Waals surface area contributed by atoms with Crippen molar-refractivity contribution in [2.45, 2.75) is 6.92 Å². The van der Waals surface area contributed by atoms with Gasteiger partial charge in [-0.25, -0.2) is 5.43 Å². The summed E-state index contributed by atoms with van der Waals surface area (Å²) in [5, 5.41) is 22.9. The SMILES string of the molecule is COc1cc(/C=N/NC(=O)c2ccccc2C)cc(O)c1O. The summed E-state index contributed by atoms with van der Waals surface area (Å²) in [4.78, 5) is 12.0. The molecule has 0 aliphatic rings. The van der Waals surface area contributed by atoms with Crippen LogP contribution in [0.1, 0.15) is 21.5 Å². The Morgan fingerprint density at radius 3 is 2.68 bits per heavy atom. The molecule has 0 saturated heterocycles. The Balaban J connectivity index is 2.12. The Labute approximate surface area is 127 Å². The molecule has 22 heavy (non-hydrogen) atoms. The smallest absolute Gasteiger partial charge is 0.271 e. The highest BCUT2D eigenvalue weighted by atomic mass is 16.5. The monoisotopic (exact) mass is 300 g/mol. The number of amides is 1. The van der Waals surface area contributed by atoms with E-state index in [1.165, 1.54) is 25.5 Å². The Bertz CT molecular complexity index is 726. The van der Waals surface area contributed by atoms with Crippen LogP contribution in [0.25, 0.3) is 0 Å². The Hall–Kier alpha value is -3.02. The highest BCUT2D eigenvalue weighted by Gasteiger charge is 2.09. The van der Waals surface area contributed by atoms with Gasteiger partial charge in [-0.1, -0.05) is 18.2 Å². The van der Waals surface area contributed by atoms with E-state index in [1.807, 2.05) is 19.1 Å². The molecule has 0 radical (unpaired) electrons. The maximum absolute atomic E-state index is 12.0. The third-order valence-corrected chi connectivity index (χ3v) is 3.07. The van der Waals surface area contributed by atoms with Crippen LogP contribution >= 0.6 is 0 Å². The molecule has 1 amide bonds. The standard InChI is InChI=1S/C16H16N2O4/c1-10-5-3-4-6-12(10)16(21)18-17-9-11-7-13(19)15(20)14(8-11)22-2/h3-9,19-20H,1-2H3,(H,18,21)/b17-9+. The van der Waals surface area contributed by atoms with Crippen molar-refractivity contribution in [2.75, 3.05) is 7.11 Å². The number of carbonyl (C=O) groups is 1. The van der Waals surface area contributed by atoms with Gasteiger partial charge in [-0.05, 0) is 30.7 Å². The second kappa shape index (κ2) is 6.62. The number of carbonyl (C=O) groups excluding carboxylic acids is 1. The van der Waals surface area contributed by atoms with E-state index in [0.29, 0.717) is 11.1 Å². The average molecular weight is 300 g/mol. The number of rotatable bonds is 4. The van der Waals surface area contributed by atoms with Gasteiger partial charge in [0.25, 0.3) is 5.91 Å². The van der Waals surface area contributed by atoms with Gasteiger partial charge in [-0.2, -0.15) is 5.10 Å². The molecular formula is C16H16N2O4. The third kappa shape index (κ3) is 3.35. The molecule has 0 bridgehead atoms. The number of nitrogens with one attached hydrogen (secondary N) is 1. The number of ether oxygens (including phenoxy) is 1. The molecule has 0 aliphatic carbocycles. The first kappa shape index (κ1) is 15.4. The first-order valence-electron chi connectivity index (χ1n) is 6.52. The summed E-state index contributed by atoms with van der Waals surface area (Å²) in [5.41, 5.74) is 4.25. The van der Waals surface area contributed by atoms with Crippen molar-refractivity contribution in [1.82, 2.24) is 5.43 Å². The lowest BCUT2D eigenvalue weighted by atomic mass is 10.1. The molecule has 0 spiro atoms. The molecule has 114 valence electrons.